The highest BCUT2D eigenvalue weighted by Gasteiger charge is 2.51. The third-order valence-corrected chi connectivity index (χ3v) is 5.68. The van der Waals surface area contributed by atoms with E-state index in [1.165, 1.54) is 0 Å². The predicted molar refractivity (Wildman–Crippen MR) is 107 cm³/mol. The van der Waals surface area contributed by atoms with E-state index in [2.05, 4.69) is 15.6 Å². The number of hydrazine groups is 1. The maximum Gasteiger partial charge on any atom is 0.325 e. The maximum absolute atomic E-state index is 13.2. The van der Waals surface area contributed by atoms with E-state index in [1.54, 1.807) is 19.2 Å². The second-order valence-electron chi connectivity index (χ2n) is 7.59. The molecule has 158 valence electrons. The standard InChI is InChI=1S/C20H29N5O4/c1-5-20(15-6-7-16(29-4)14(2)12-15)18(27)25(19(28)21-20)13-17(26)22-24-10-8-23(3)9-11-24/h6-7,12H,5,8-11,13H2,1-4H3,(H,21,28)(H,22,26). The van der Waals surface area contributed by atoms with Crippen molar-refractivity contribution in [1.82, 2.24) is 25.6 Å². The Kier molecular flexibility index (Phi) is 6.09. The first kappa shape index (κ1) is 21.1. The van der Waals surface area contributed by atoms with Crippen molar-refractivity contribution in [3.8, 4) is 5.75 Å². The molecule has 0 radical (unpaired) electrons. The van der Waals surface area contributed by atoms with Gasteiger partial charge in [-0.05, 0) is 43.7 Å². The van der Waals surface area contributed by atoms with Crippen LogP contribution in [0.4, 0.5) is 4.79 Å². The van der Waals surface area contributed by atoms with Crippen molar-refractivity contribution >= 4 is 17.8 Å². The molecule has 0 spiro atoms. The van der Waals surface area contributed by atoms with Crippen LogP contribution in [0.1, 0.15) is 24.5 Å². The van der Waals surface area contributed by atoms with Gasteiger partial charge in [0.2, 0.25) is 0 Å². The second-order valence-corrected chi connectivity index (χ2v) is 7.59. The van der Waals surface area contributed by atoms with Crippen LogP contribution in [0.15, 0.2) is 18.2 Å². The number of amides is 4. The molecule has 1 unspecified atom stereocenters. The normalized spacial score (nSPS) is 23.2. The molecule has 9 heteroatoms. The number of methoxy groups -OCH3 is 1. The topological polar surface area (TPSA) is 94.2 Å². The fourth-order valence-electron chi connectivity index (χ4n) is 3.83. The molecule has 2 aliphatic rings. The fraction of sp³-hybridized carbons (Fsp3) is 0.550. The van der Waals surface area contributed by atoms with Gasteiger partial charge >= 0.3 is 6.03 Å². The summed E-state index contributed by atoms with van der Waals surface area (Å²) in [5.41, 5.74) is 3.16. The Bertz CT molecular complexity index is 806. The molecule has 4 amide bonds. The van der Waals surface area contributed by atoms with E-state index < -0.39 is 17.5 Å². The van der Waals surface area contributed by atoms with Crippen LogP contribution in [-0.4, -0.2) is 79.5 Å². The van der Waals surface area contributed by atoms with E-state index in [0.717, 1.165) is 23.6 Å². The zero-order valence-corrected chi connectivity index (χ0v) is 17.4. The molecule has 1 atom stereocenters. The summed E-state index contributed by atoms with van der Waals surface area (Å²) in [5, 5.41) is 4.63. The minimum Gasteiger partial charge on any atom is -0.496 e. The maximum atomic E-state index is 13.2. The summed E-state index contributed by atoms with van der Waals surface area (Å²) < 4.78 is 5.29. The number of carbonyl (C=O) groups is 3. The van der Waals surface area contributed by atoms with Gasteiger partial charge in [0.1, 0.15) is 17.8 Å². The van der Waals surface area contributed by atoms with E-state index in [4.69, 9.17) is 4.74 Å². The molecule has 0 aliphatic carbocycles. The van der Waals surface area contributed by atoms with Crippen LogP contribution in [0.3, 0.4) is 0 Å². The largest absolute Gasteiger partial charge is 0.496 e. The third-order valence-electron chi connectivity index (χ3n) is 5.68. The number of imide groups is 1. The zero-order valence-electron chi connectivity index (χ0n) is 17.4. The number of ether oxygens (including phenoxy) is 1. The number of aryl methyl sites for hydroxylation is 1. The van der Waals surface area contributed by atoms with Crippen LogP contribution < -0.4 is 15.5 Å². The van der Waals surface area contributed by atoms with Gasteiger partial charge in [-0.15, -0.1) is 0 Å². The van der Waals surface area contributed by atoms with Crippen LogP contribution in [0.5, 0.6) is 5.75 Å². The van der Waals surface area contributed by atoms with Crippen LogP contribution >= 0.6 is 0 Å². The molecule has 29 heavy (non-hydrogen) atoms. The van der Waals surface area contributed by atoms with Crippen molar-refractivity contribution in [1.29, 1.82) is 0 Å². The summed E-state index contributed by atoms with van der Waals surface area (Å²) in [6, 6.07) is 4.85. The molecule has 1 aromatic rings. The Hall–Kier alpha value is -2.65. The minimum atomic E-state index is -1.18. The fourth-order valence-corrected chi connectivity index (χ4v) is 3.83. The van der Waals surface area contributed by atoms with Crippen LogP contribution in [0, 0.1) is 6.92 Å². The van der Waals surface area contributed by atoms with E-state index in [0.29, 0.717) is 30.8 Å². The van der Waals surface area contributed by atoms with Crippen molar-refractivity contribution in [3.05, 3.63) is 29.3 Å². The number of hydrogen-bond donors (Lipinski definition) is 2. The third kappa shape index (κ3) is 4.06. The van der Waals surface area contributed by atoms with Gasteiger partial charge in [-0.1, -0.05) is 13.0 Å². The Morgan fingerprint density at radius 3 is 2.52 bits per heavy atom. The molecule has 2 saturated heterocycles. The van der Waals surface area contributed by atoms with Crippen LogP contribution in [-0.2, 0) is 15.1 Å². The zero-order chi connectivity index (χ0) is 21.2. The summed E-state index contributed by atoms with van der Waals surface area (Å²) in [7, 11) is 3.61. The molecule has 3 rings (SSSR count). The van der Waals surface area contributed by atoms with Gasteiger partial charge in [0.05, 0.1) is 7.11 Å². The van der Waals surface area contributed by atoms with E-state index in [-0.39, 0.29) is 12.5 Å². The van der Waals surface area contributed by atoms with Gasteiger partial charge < -0.3 is 15.0 Å². The Morgan fingerprint density at radius 1 is 1.24 bits per heavy atom. The highest BCUT2D eigenvalue weighted by Crippen LogP contribution is 2.34. The van der Waals surface area contributed by atoms with E-state index in [1.807, 2.05) is 32.0 Å². The SMILES string of the molecule is CCC1(c2ccc(OC)c(C)c2)NC(=O)N(CC(=O)NN2CCN(C)CC2)C1=O. The number of carbonyl (C=O) groups excluding carboxylic acids is 3. The number of nitrogens with zero attached hydrogens (tertiary/aromatic N) is 3. The van der Waals surface area contributed by atoms with Gasteiger partial charge in [0.25, 0.3) is 11.8 Å². The van der Waals surface area contributed by atoms with Crippen LogP contribution in [0.25, 0.3) is 0 Å². The number of urea groups is 1. The highest BCUT2D eigenvalue weighted by atomic mass is 16.5. The molecular weight excluding hydrogens is 374 g/mol. The van der Waals surface area contributed by atoms with E-state index >= 15 is 0 Å². The summed E-state index contributed by atoms with van der Waals surface area (Å²) in [5.74, 6) is -0.0841. The number of nitrogens with one attached hydrogen (secondary N) is 2. The molecular formula is C20H29N5O4. The van der Waals surface area contributed by atoms with Crippen LogP contribution in [0.2, 0.25) is 0 Å². The molecule has 2 heterocycles. The van der Waals surface area contributed by atoms with Crippen molar-refractivity contribution < 1.29 is 19.1 Å². The van der Waals surface area contributed by atoms with E-state index in [9.17, 15) is 14.4 Å². The average Bonchev–Trinajstić information content (AvgIpc) is 2.94. The molecule has 0 aromatic heterocycles. The molecule has 0 bridgehead atoms. The Morgan fingerprint density at radius 2 is 1.93 bits per heavy atom. The molecule has 9 nitrogen and oxygen atoms in total. The number of rotatable bonds is 6. The average molecular weight is 403 g/mol. The number of benzene rings is 1. The number of likely N-dealkylation sites (N-methyl/N-ethyl adjacent to an activating group) is 1. The number of hydrogen-bond acceptors (Lipinski definition) is 6. The van der Waals surface area contributed by atoms with Gasteiger partial charge in [0, 0.05) is 26.2 Å². The van der Waals surface area contributed by atoms with Gasteiger partial charge in [-0.2, -0.15) is 0 Å². The first-order valence-electron chi connectivity index (χ1n) is 9.83. The summed E-state index contributed by atoms with van der Waals surface area (Å²) in [6.45, 7) is 6.50. The predicted octanol–water partition coefficient (Wildman–Crippen LogP) is 0.439. The lowest BCUT2D eigenvalue weighted by molar-refractivity contribution is -0.137. The highest BCUT2D eigenvalue weighted by molar-refractivity contribution is 6.09. The summed E-state index contributed by atoms with van der Waals surface area (Å²) in [4.78, 5) is 41.4. The Balaban J connectivity index is 1.73. The molecule has 2 N–H and O–H groups in total. The van der Waals surface area contributed by atoms with Crippen molar-refractivity contribution in [2.24, 2.45) is 0 Å². The lowest BCUT2D eigenvalue weighted by Gasteiger charge is -2.32. The second kappa shape index (κ2) is 8.38. The first-order valence-corrected chi connectivity index (χ1v) is 9.83. The smallest absolute Gasteiger partial charge is 0.325 e. The monoisotopic (exact) mass is 403 g/mol. The molecule has 2 fully saturated rings. The lowest BCUT2D eigenvalue weighted by Crippen LogP contribution is -2.54. The minimum absolute atomic E-state index is 0.312. The van der Waals surface area contributed by atoms with Gasteiger partial charge in [-0.25, -0.2) is 9.80 Å². The summed E-state index contributed by atoms with van der Waals surface area (Å²) in [6.07, 6.45) is 0.375. The lowest BCUT2D eigenvalue weighted by atomic mass is 9.86. The quantitative estimate of drug-likeness (QED) is 0.670. The number of piperazine rings is 1. The van der Waals surface area contributed by atoms with Crippen molar-refractivity contribution in [2.75, 3.05) is 46.9 Å². The summed E-state index contributed by atoms with van der Waals surface area (Å²) >= 11 is 0. The van der Waals surface area contributed by atoms with Gasteiger partial charge in [-0.3, -0.25) is 19.9 Å². The Labute approximate surface area is 170 Å². The van der Waals surface area contributed by atoms with Crippen molar-refractivity contribution in [3.63, 3.8) is 0 Å². The molecule has 2 aliphatic heterocycles. The molecule has 1 aromatic carbocycles. The first-order chi connectivity index (χ1) is 13.8. The van der Waals surface area contributed by atoms with Gasteiger partial charge in [0.15, 0.2) is 0 Å². The molecule has 0 saturated carbocycles. The van der Waals surface area contributed by atoms with Crippen molar-refractivity contribution in [2.45, 2.75) is 25.8 Å².